The first-order chi connectivity index (χ1) is 8.13. The van der Waals surface area contributed by atoms with E-state index >= 15 is 0 Å². The van der Waals surface area contributed by atoms with Crippen LogP contribution in [0, 0.1) is 0 Å². The third-order valence-corrected chi connectivity index (χ3v) is 2.41. The molecule has 0 unspecified atom stereocenters. The topological polar surface area (TPSA) is 44.4 Å². The average Bonchev–Trinajstić information content (AvgIpc) is 2.34. The van der Waals surface area contributed by atoms with E-state index < -0.39 is 0 Å². The van der Waals surface area contributed by atoms with Crippen LogP contribution in [0.1, 0.15) is 13.3 Å². The molecule has 0 saturated heterocycles. The number of nitrogens with one attached hydrogen (secondary N) is 2. The van der Waals surface area contributed by atoms with Gasteiger partial charge in [-0.3, -0.25) is 4.79 Å². The van der Waals surface area contributed by atoms with Crippen molar-refractivity contribution in [1.29, 1.82) is 0 Å². The van der Waals surface area contributed by atoms with Gasteiger partial charge >= 0.3 is 0 Å². The third kappa shape index (κ3) is 4.76. The number of hydrogen-bond acceptors (Lipinski definition) is 3. The van der Waals surface area contributed by atoms with E-state index in [0.29, 0.717) is 6.54 Å². The molecule has 94 valence electrons. The third-order valence-electron chi connectivity index (χ3n) is 2.41. The Labute approximate surface area is 103 Å². The fourth-order valence-electron chi connectivity index (χ4n) is 1.39. The highest BCUT2D eigenvalue weighted by atomic mass is 16.1. The second kappa shape index (κ2) is 6.78. The molecular weight excluding hydrogens is 214 g/mol. The zero-order valence-electron chi connectivity index (χ0n) is 10.8. The van der Waals surface area contributed by atoms with Crippen LogP contribution in [0.25, 0.3) is 0 Å². The Morgan fingerprint density at radius 1 is 1.24 bits per heavy atom. The van der Waals surface area contributed by atoms with Crippen LogP contribution >= 0.6 is 0 Å². The fourth-order valence-corrected chi connectivity index (χ4v) is 1.39. The highest BCUT2D eigenvalue weighted by Gasteiger charge is 2.00. The number of carbonyl (C=O) groups excluding carboxylic acids is 1. The van der Waals surface area contributed by atoms with E-state index in [2.05, 4.69) is 10.6 Å². The Morgan fingerprint density at radius 3 is 2.41 bits per heavy atom. The lowest BCUT2D eigenvalue weighted by molar-refractivity contribution is -0.119. The van der Waals surface area contributed by atoms with Crippen LogP contribution in [-0.2, 0) is 4.79 Å². The highest BCUT2D eigenvalue weighted by molar-refractivity contribution is 5.80. The number of amides is 1. The molecule has 0 atom stereocenters. The minimum atomic E-state index is 0.0311. The van der Waals surface area contributed by atoms with Crippen molar-refractivity contribution in [2.24, 2.45) is 0 Å². The molecule has 0 fully saturated rings. The van der Waals surface area contributed by atoms with E-state index in [1.807, 2.05) is 50.2 Å². The first-order valence-corrected chi connectivity index (χ1v) is 5.91. The average molecular weight is 235 g/mol. The fraction of sp³-hybridized carbons (Fsp3) is 0.462. The van der Waals surface area contributed by atoms with Crippen molar-refractivity contribution in [3.8, 4) is 0 Å². The summed E-state index contributed by atoms with van der Waals surface area (Å²) in [5.74, 6) is 0.0311. The van der Waals surface area contributed by atoms with E-state index in [0.717, 1.165) is 24.3 Å². The van der Waals surface area contributed by atoms with E-state index in [1.165, 1.54) is 0 Å². The maximum Gasteiger partial charge on any atom is 0.239 e. The molecule has 4 nitrogen and oxygen atoms in total. The van der Waals surface area contributed by atoms with Crippen molar-refractivity contribution in [2.75, 3.05) is 37.4 Å². The Morgan fingerprint density at radius 2 is 1.88 bits per heavy atom. The summed E-state index contributed by atoms with van der Waals surface area (Å²) >= 11 is 0. The van der Waals surface area contributed by atoms with Crippen molar-refractivity contribution >= 4 is 17.3 Å². The van der Waals surface area contributed by atoms with Gasteiger partial charge in [0.15, 0.2) is 0 Å². The largest absolute Gasteiger partial charge is 0.378 e. The van der Waals surface area contributed by atoms with Gasteiger partial charge in [-0.25, -0.2) is 0 Å². The van der Waals surface area contributed by atoms with Gasteiger partial charge in [0, 0.05) is 32.0 Å². The summed E-state index contributed by atoms with van der Waals surface area (Å²) in [6, 6.07) is 7.99. The van der Waals surface area contributed by atoms with Crippen LogP contribution in [0.15, 0.2) is 24.3 Å². The Hall–Kier alpha value is -1.71. The predicted octanol–water partition coefficient (Wildman–Crippen LogP) is 1.69. The first kappa shape index (κ1) is 13.4. The van der Waals surface area contributed by atoms with Gasteiger partial charge < -0.3 is 15.5 Å². The van der Waals surface area contributed by atoms with Crippen molar-refractivity contribution < 1.29 is 4.79 Å². The Bertz CT molecular complexity index is 346. The molecule has 0 heterocycles. The Balaban J connectivity index is 2.39. The molecule has 1 rings (SSSR count). The summed E-state index contributed by atoms with van der Waals surface area (Å²) in [5.41, 5.74) is 2.10. The molecule has 2 N–H and O–H groups in total. The smallest absolute Gasteiger partial charge is 0.239 e. The summed E-state index contributed by atoms with van der Waals surface area (Å²) in [5, 5.41) is 5.91. The first-order valence-electron chi connectivity index (χ1n) is 5.91. The minimum absolute atomic E-state index is 0.0311. The maximum atomic E-state index is 11.4. The monoisotopic (exact) mass is 235 g/mol. The molecule has 1 amide bonds. The molecule has 17 heavy (non-hydrogen) atoms. The number of nitrogens with zero attached hydrogens (tertiary/aromatic N) is 1. The van der Waals surface area contributed by atoms with Gasteiger partial charge in [0.1, 0.15) is 0 Å². The number of carbonyl (C=O) groups is 1. The molecule has 4 heteroatoms. The van der Waals surface area contributed by atoms with E-state index in [-0.39, 0.29) is 5.91 Å². The van der Waals surface area contributed by atoms with E-state index in [9.17, 15) is 4.79 Å². The Kier molecular flexibility index (Phi) is 5.33. The second-order valence-electron chi connectivity index (χ2n) is 4.14. The molecule has 1 aromatic rings. The van der Waals surface area contributed by atoms with Gasteiger partial charge in [-0.1, -0.05) is 6.92 Å². The van der Waals surface area contributed by atoms with E-state index in [4.69, 9.17) is 0 Å². The summed E-state index contributed by atoms with van der Waals surface area (Å²) in [6.07, 6.45) is 0.962. The molecule has 0 aliphatic rings. The predicted molar refractivity (Wildman–Crippen MR) is 72.6 cm³/mol. The molecular formula is C13H21N3O. The molecule has 0 radical (unpaired) electrons. The van der Waals surface area contributed by atoms with Crippen LogP contribution in [0.5, 0.6) is 0 Å². The molecule has 1 aromatic carbocycles. The molecule has 0 aromatic heterocycles. The number of anilines is 2. The summed E-state index contributed by atoms with van der Waals surface area (Å²) in [6.45, 7) is 3.09. The van der Waals surface area contributed by atoms with Crippen LogP contribution in [0.2, 0.25) is 0 Å². The lowest BCUT2D eigenvalue weighted by atomic mass is 10.2. The molecule has 0 bridgehead atoms. The van der Waals surface area contributed by atoms with Crippen LogP contribution in [-0.4, -0.2) is 33.1 Å². The normalized spacial score (nSPS) is 9.82. The lowest BCUT2D eigenvalue weighted by Gasteiger charge is -2.13. The van der Waals surface area contributed by atoms with Gasteiger partial charge in [-0.05, 0) is 30.7 Å². The second-order valence-corrected chi connectivity index (χ2v) is 4.14. The van der Waals surface area contributed by atoms with Gasteiger partial charge in [0.2, 0.25) is 5.91 Å². The number of benzene rings is 1. The molecule has 0 saturated carbocycles. The van der Waals surface area contributed by atoms with Crippen LogP contribution < -0.4 is 15.5 Å². The number of hydrogen-bond donors (Lipinski definition) is 2. The van der Waals surface area contributed by atoms with Gasteiger partial charge in [0.25, 0.3) is 0 Å². The summed E-state index contributed by atoms with van der Waals surface area (Å²) < 4.78 is 0. The van der Waals surface area contributed by atoms with Crippen molar-refractivity contribution in [3.05, 3.63) is 24.3 Å². The standard InChI is InChI=1S/C13H21N3O/c1-4-9-14-13(17)10-15-11-5-7-12(8-6-11)16(2)3/h5-8,15H,4,9-10H2,1-3H3,(H,14,17). The van der Waals surface area contributed by atoms with Gasteiger partial charge in [-0.15, -0.1) is 0 Å². The van der Waals surface area contributed by atoms with Gasteiger partial charge in [-0.2, -0.15) is 0 Å². The lowest BCUT2D eigenvalue weighted by Crippen LogP contribution is -2.30. The van der Waals surface area contributed by atoms with E-state index in [1.54, 1.807) is 0 Å². The SMILES string of the molecule is CCCNC(=O)CNc1ccc(N(C)C)cc1. The van der Waals surface area contributed by atoms with Crippen molar-refractivity contribution in [2.45, 2.75) is 13.3 Å². The molecule has 0 aliphatic carbocycles. The summed E-state index contributed by atoms with van der Waals surface area (Å²) in [4.78, 5) is 13.4. The summed E-state index contributed by atoms with van der Waals surface area (Å²) in [7, 11) is 4.00. The zero-order valence-corrected chi connectivity index (χ0v) is 10.8. The quantitative estimate of drug-likeness (QED) is 0.788. The van der Waals surface area contributed by atoms with Crippen molar-refractivity contribution in [1.82, 2.24) is 5.32 Å². The van der Waals surface area contributed by atoms with Crippen LogP contribution in [0.4, 0.5) is 11.4 Å². The maximum absolute atomic E-state index is 11.4. The minimum Gasteiger partial charge on any atom is -0.378 e. The molecule has 0 aliphatic heterocycles. The van der Waals surface area contributed by atoms with Crippen LogP contribution in [0.3, 0.4) is 0 Å². The molecule has 0 spiro atoms. The zero-order chi connectivity index (χ0) is 12.7. The van der Waals surface area contributed by atoms with Gasteiger partial charge in [0.05, 0.1) is 6.54 Å². The van der Waals surface area contributed by atoms with Crippen molar-refractivity contribution in [3.63, 3.8) is 0 Å². The highest BCUT2D eigenvalue weighted by Crippen LogP contribution is 2.15. The number of rotatable bonds is 6.